The number of anilines is 1. The molecule has 7 rings (SSSR count). The van der Waals surface area contributed by atoms with Crippen molar-refractivity contribution in [3.8, 4) is 0 Å². The molecule has 232 valence electrons. The third kappa shape index (κ3) is 4.90. The number of hydrogen-bond donors (Lipinski definition) is 0. The Morgan fingerprint density at radius 3 is 2.04 bits per heavy atom. The van der Waals surface area contributed by atoms with Crippen LogP contribution in [0.5, 0.6) is 0 Å². The molecule has 2 heterocycles. The fraction of sp³-hybridized carbons (Fsp3) is 0.295. The van der Waals surface area contributed by atoms with Crippen molar-refractivity contribution in [3.63, 3.8) is 0 Å². The number of benzene rings is 4. The SMILES string of the molecule is CN1/C(=C\C=C\C2=CC(=C/C=C/C3=[N+](C)c4c(ccc5ccccc45)C3(C)C)/CC(C)(C)C2)C(C)(C)c2ccc3ccccc3c21. The molecule has 2 aliphatic heterocycles. The molecule has 4 aromatic carbocycles. The monoisotopic (exact) mass is 603 g/mol. The smallest absolute Gasteiger partial charge is 0.217 e. The Morgan fingerprint density at radius 2 is 1.30 bits per heavy atom. The largest absolute Gasteiger partial charge is 0.347 e. The van der Waals surface area contributed by atoms with Crippen LogP contribution in [-0.4, -0.2) is 24.4 Å². The van der Waals surface area contributed by atoms with Crippen LogP contribution in [0.2, 0.25) is 0 Å². The summed E-state index contributed by atoms with van der Waals surface area (Å²) in [6.45, 7) is 14.2. The zero-order chi connectivity index (χ0) is 32.4. The molecule has 0 radical (unpaired) electrons. The number of likely N-dealkylation sites (N-methyl/N-ethyl adjacent to an activating group) is 1. The number of rotatable bonds is 4. The zero-order valence-electron chi connectivity index (χ0n) is 28.8. The lowest BCUT2D eigenvalue weighted by Gasteiger charge is -2.30. The molecule has 0 spiro atoms. The van der Waals surface area contributed by atoms with E-state index in [4.69, 9.17) is 0 Å². The molecular formula is C44H47N2+. The van der Waals surface area contributed by atoms with Crippen LogP contribution in [0.25, 0.3) is 21.5 Å². The lowest BCUT2D eigenvalue weighted by Crippen LogP contribution is -2.26. The topological polar surface area (TPSA) is 6.25 Å². The molecule has 4 aromatic rings. The van der Waals surface area contributed by atoms with Crippen LogP contribution in [0.15, 0.2) is 132 Å². The molecule has 0 bridgehead atoms. The van der Waals surface area contributed by atoms with Crippen molar-refractivity contribution in [1.29, 1.82) is 0 Å². The maximum atomic E-state index is 2.41. The van der Waals surface area contributed by atoms with E-state index in [0.717, 1.165) is 12.8 Å². The number of nitrogens with zero attached hydrogens (tertiary/aromatic N) is 2. The van der Waals surface area contributed by atoms with Gasteiger partial charge in [-0.1, -0.05) is 125 Å². The Balaban J connectivity index is 1.17. The zero-order valence-corrected chi connectivity index (χ0v) is 28.8. The van der Waals surface area contributed by atoms with Gasteiger partial charge in [0.2, 0.25) is 5.69 Å². The summed E-state index contributed by atoms with van der Waals surface area (Å²) in [5, 5.41) is 5.24. The predicted molar refractivity (Wildman–Crippen MR) is 199 cm³/mol. The van der Waals surface area contributed by atoms with Crippen molar-refractivity contribution >= 4 is 38.6 Å². The lowest BCUT2D eigenvalue weighted by molar-refractivity contribution is -0.399. The van der Waals surface area contributed by atoms with Crippen molar-refractivity contribution < 1.29 is 4.58 Å². The molecule has 0 amide bonds. The molecule has 0 atom stereocenters. The minimum atomic E-state index is -0.0562. The molecule has 3 aliphatic rings. The maximum Gasteiger partial charge on any atom is 0.217 e. The average molecular weight is 604 g/mol. The van der Waals surface area contributed by atoms with Crippen LogP contribution >= 0.6 is 0 Å². The summed E-state index contributed by atoms with van der Waals surface area (Å²) in [5.41, 5.74) is 11.0. The number of hydrogen-bond acceptors (Lipinski definition) is 1. The van der Waals surface area contributed by atoms with Gasteiger partial charge in [-0.2, -0.15) is 4.58 Å². The van der Waals surface area contributed by atoms with Gasteiger partial charge in [0.15, 0.2) is 5.71 Å². The van der Waals surface area contributed by atoms with E-state index in [9.17, 15) is 0 Å². The van der Waals surface area contributed by atoms with Crippen molar-refractivity contribution in [3.05, 3.63) is 143 Å². The van der Waals surface area contributed by atoms with Gasteiger partial charge in [-0.05, 0) is 71.7 Å². The highest BCUT2D eigenvalue weighted by Crippen LogP contribution is 2.50. The highest BCUT2D eigenvalue weighted by molar-refractivity contribution is 6.07. The van der Waals surface area contributed by atoms with Crippen molar-refractivity contribution in [2.45, 2.75) is 65.2 Å². The fourth-order valence-electron chi connectivity index (χ4n) is 8.48. The molecule has 46 heavy (non-hydrogen) atoms. The van der Waals surface area contributed by atoms with Gasteiger partial charge < -0.3 is 4.90 Å². The molecule has 1 aliphatic carbocycles. The Morgan fingerprint density at radius 1 is 0.674 bits per heavy atom. The normalized spacial score (nSPS) is 21.7. The van der Waals surface area contributed by atoms with Gasteiger partial charge in [-0.3, -0.25) is 0 Å². The van der Waals surface area contributed by atoms with Crippen molar-refractivity contribution in [1.82, 2.24) is 0 Å². The summed E-state index contributed by atoms with van der Waals surface area (Å²) in [6, 6.07) is 26.6. The van der Waals surface area contributed by atoms with E-state index >= 15 is 0 Å². The van der Waals surface area contributed by atoms with Gasteiger partial charge in [0.05, 0.1) is 16.5 Å². The Kier molecular flexibility index (Phi) is 7.12. The van der Waals surface area contributed by atoms with Crippen LogP contribution in [-0.2, 0) is 10.8 Å². The molecule has 2 heteroatoms. The van der Waals surface area contributed by atoms with Crippen LogP contribution in [0, 0.1) is 5.41 Å². The van der Waals surface area contributed by atoms with Crippen LogP contribution in [0.3, 0.4) is 0 Å². The van der Waals surface area contributed by atoms with E-state index in [0.29, 0.717) is 0 Å². The van der Waals surface area contributed by atoms with Gasteiger partial charge in [0.1, 0.15) is 7.05 Å². The highest BCUT2D eigenvalue weighted by Gasteiger charge is 2.44. The van der Waals surface area contributed by atoms with Crippen molar-refractivity contribution in [2.24, 2.45) is 5.41 Å². The van der Waals surface area contributed by atoms with Crippen LogP contribution in [0.1, 0.15) is 65.5 Å². The molecule has 2 nitrogen and oxygen atoms in total. The van der Waals surface area contributed by atoms with E-state index < -0.39 is 0 Å². The van der Waals surface area contributed by atoms with Gasteiger partial charge in [0.25, 0.3) is 0 Å². The Hall–Kier alpha value is -4.43. The van der Waals surface area contributed by atoms with Gasteiger partial charge >= 0.3 is 0 Å². The minimum absolute atomic E-state index is 0.0562. The van der Waals surface area contributed by atoms with E-state index in [2.05, 4.69) is 180 Å². The molecule has 0 fully saturated rings. The Labute approximate surface area is 275 Å². The summed E-state index contributed by atoms with van der Waals surface area (Å²) >= 11 is 0. The third-order valence-corrected chi connectivity index (χ3v) is 10.7. The molecule has 0 saturated heterocycles. The Bertz CT molecular complexity index is 2090. The molecular weight excluding hydrogens is 556 g/mol. The number of allylic oxidation sites excluding steroid dienone is 10. The second-order valence-corrected chi connectivity index (χ2v) is 15.4. The first-order chi connectivity index (χ1) is 21.9. The molecule has 0 N–H and O–H groups in total. The third-order valence-electron chi connectivity index (χ3n) is 10.7. The maximum absolute atomic E-state index is 2.41. The van der Waals surface area contributed by atoms with E-state index in [1.165, 1.54) is 66.6 Å². The second-order valence-electron chi connectivity index (χ2n) is 15.4. The van der Waals surface area contributed by atoms with Crippen LogP contribution in [0.4, 0.5) is 11.4 Å². The molecule has 0 saturated carbocycles. The average Bonchev–Trinajstić information content (AvgIpc) is 3.34. The highest BCUT2D eigenvalue weighted by atomic mass is 15.2. The van der Waals surface area contributed by atoms with E-state index in [1.807, 2.05) is 0 Å². The summed E-state index contributed by atoms with van der Waals surface area (Å²) in [4.78, 5) is 2.40. The standard InChI is InChI=1S/C44H47N2/c1-42(2)28-30(15-13-21-38-43(3,4)36-25-23-32-17-9-11-19-34(32)40(36)45(38)7)27-31(29-42)16-14-22-39-44(5,6)37-26-24-33-18-10-12-20-35(33)41(37)46(39)8/h9-27H,28-29H2,1-8H3/q+1. The van der Waals surface area contributed by atoms with E-state index in [1.54, 1.807) is 0 Å². The quantitative estimate of drug-likeness (QED) is 0.210. The van der Waals surface area contributed by atoms with Crippen molar-refractivity contribution in [2.75, 3.05) is 19.0 Å². The first kappa shape index (κ1) is 30.2. The molecule has 0 aromatic heterocycles. The number of fused-ring (bicyclic) bond motifs is 6. The minimum Gasteiger partial charge on any atom is -0.347 e. The van der Waals surface area contributed by atoms with Crippen LogP contribution < -0.4 is 4.90 Å². The fourth-order valence-corrected chi connectivity index (χ4v) is 8.48. The van der Waals surface area contributed by atoms with Gasteiger partial charge in [-0.15, -0.1) is 0 Å². The summed E-state index contributed by atoms with van der Waals surface area (Å²) in [5.74, 6) is 0. The predicted octanol–water partition coefficient (Wildman–Crippen LogP) is 11.1. The summed E-state index contributed by atoms with van der Waals surface area (Å²) < 4.78 is 2.40. The summed E-state index contributed by atoms with van der Waals surface area (Å²) in [7, 11) is 4.44. The second kappa shape index (κ2) is 10.8. The van der Waals surface area contributed by atoms with Gasteiger partial charge in [0, 0.05) is 35.2 Å². The first-order valence-corrected chi connectivity index (χ1v) is 16.7. The lowest BCUT2D eigenvalue weighted by atomic mass is 9.75. The van der Waals surface area contributed by atoms with E-state index in [-0.39, 0.29) is 16.2 Å². The first-order valence-electron chi connectivity index (χ1n) is 16.7. The summed E-state index contributed by atoms with van der Waals surface area (Å²) in [6.07, 6.45) is 18.4. The molecule has 0 unspecified atom stereocenters. The van der Waals surface area contributed by atoms with Gasteiger partial charge in [-0.25, -0.2) is 0 Å².